The summed E-state index contributed by atoms with van der Waals surface area (Å²) in [6.07, 6.45) is 36.3. The number of hydrogen-bond acceptors (Lipinski definition) is 2. The standard InChI is InChI=1S/C38H78N2/c1-8-15-22-29-36-37(30-23-16-9-2,31-24-17-10-3)40(35-28-21-14-7)38(32-25-18-11-4,33-26-19-12-5)39(36)34-27-20-13-6/h36H,8-35H2,1-7H3. The minimum Gasteiger partial charge on any atom is -0.280 e. The number of unbranched alkanes of at least 4 members (excludes halogenated alkanes) is 14. The predicted octanol–water partition coefficient (Wildman–Crippen LogP) is 12.7. The smallest absolute Gasteiger partial charge is 0.0745 e. The van der Waals surface area contributed by atoms with E-state index < -0.39 is 0 Å². The van der Waals surface area contributed by atoms with Gasteiger partial charge in [0.2, 0.25) is 0 Å². The maximum Gasteiger partial charge on any atom is 0.0745 e. The van der Waals surface area contributed by atoms with E-state index in [0.29, 0.717) is 11.2 Å². The molecule has 2 heteroatoms. The van der Waals surface area contributed by atoms with E-state index in [4.69, 9.17) is 0 Å². The van der Waals surface area contributed by atoms with E-state index in [0.717, 1.165) is 6.04 Å². The summed E-state index contributed by atoms with van der Waals surface area (Å²) in [6.45, 7) is 19.5. The minimum absolute atomic E-state index is 0.293. The van der Waals surface area contributed by atoms with Gasteiger partial charge in [-0.15, -0.1) is 0 Å². The molecule has 1 unspecified atom stereocenters. The number of hydrogen-bond donors (Lipinski definition) is 0. The van der Waals surface area contributed by atoms with E-state index in [2.05, 4.69) is 58.3 Å². The van der Waals surface area contributed by atoms with Gasteiger partial charge in [0.1, 0.15) is 0 Å². The molecule has 0 aromatic rings. The largest absolute Gasteiger partial charge is 0.280 e. The van der Waals surface area contributed by atoms with E-state index >= 15 is 0 Å². The summed E-state index contributed by atoms with van der Waals surface area (Å²) in [5, 5.41) is 0. The fourth-order valence-electron chi connectivity index (χ4n) is 8.28. The lowest BCUT2D eigenvalue weighted by atomic mass is 9.77. The van der Waals surface area contributed by atoms with Crippen molar-refractivity contribution in [3.8, 4) is 0 Å². The summed E-state index contributed by atoms with van der Waals surface area (Å²) in [7, 11) is 0. The molecule has 1 aliphatic rings. The summed E-state index contributed by atoms with van der Waals surface area (Å²) >= 11 is 0. The zero-order valence-electron chi connectivity index (χ0n) is 29.3. The molecule has 0 aromatic heterocycles. The Hall–Kier alpha value is -0.0800. The van der Waals surface area contributed by atoms with Gasteiger partial charge in [-0.2, -0.15) is 0 Å². The Labute approximate surface area is 255 Å². The third kappa shape index (κ3) is 11.5. The lowest BCUT2D eigenvalue weighted by Crippen LogP contribution is -2.58. The summed E-state index contributed by atoms with van der Waals surface area (Å²) in [6, 6.07) is 0.759. The second-order valence-electron chi connectivity index (χ2n) is 13.7. The van der Waals surface area contributed by atoms with Gasteiger partial charge in [-0.25, -0.2) is 0 Å². The van der Waals surface area contributed by atoms with Gasteiger partial charge in [0.15, 0.2) is 0 Å². The molecule has 0 radical (unpaired) electrons. The van der Waals surface area contributed by atoms with E-state index in [1.54, 1.807) is 0 Å². The first-order valence-electron chi connectivity index (χ1n) is 19.1. The second-order valence-corrected chi connectivity index (χ2v) is 13.7. The van der Waals surface area contributed by atoms with Crippen molar-refractivity contribution in [2.75, 3.05) is 13.1 Å². The summed E-state index contributed by atoms with van der Waals surface area (Å²) < 4.78 is 0. The monoisotopic (exact) mass is 563 g/mol. The molecule has 0 amide bonds. The fraction of sp³-hybridized carbons (Fsp3) is 1.00. The van der Waals surface area contributed by atoms with Gasteiger partial charge >= 0.3 is 0 Å². The van der Waals surface area contributed by atoms with Crippen molar-refractivity contribution in [2.24, 2.45) is 0 Å². The van der Waals surface area contributed by atoms with Crippen LogP contribution in [0.15, 0.2) is 0 Å². The Morgan fingerprint density at radius 3 is 1.23 bits per heavy atom. The number of rotatable bonds is 28. The highest BCUT2D eigenvalue weighted by atomic mass is 15.5. The van der Waals surface area contributed by atoms with Gasteiger partial charge in [0, 0.05) is 24.7 Å². The highest BCUT2D eigenvalue weighted by molar-refractivity contribution is 5.15. The fourth-order valence-corrected chi connectivity index (χ4v) is 8.28. The predicted molar refractivity (Wildman–Crippen MR) is 182 cm³/mol. The average Bonchev–Trinajstić information content (AvgIpc) is 3.15. The van der Waals surface area contributed by atoms with Crippen LogP contribution in [-0.4, -0.2) is 40.1 Å². The average molecular weight is 563 g/mol. The van der Waals surface area contributed by atoms with Gasteiger partial charge < -0.3 is 0 Å². The molecule has 40 heavy (non-hydrogen) atoms. The van der Waals surface area contributed by atoms with Crippen molar-refractivity contribution in [3.05, 3.63) is 0 Å². The van der Waals surface area contributed by atoms with Gasteiger partial charge in [-0.1, -0.05) is 170 Å². The second kappa shape index (κ2) is 23.4. The van der Waals surface area contributed by atoms with Crippen molar-refractivity contribution in [1.82, 2.24) is 9.80 Å². The Morgan fingerprint density at radius 1 is 0.400 bits per heavy atom. The molecule has 0 aromatic carbocycles. The minimum atomic E-state index is 0.293. The molecule has 1 rings (SSSR count). The van der Waals surface area contributed by atoms with Crippen LogP contribution in [0, 0.1) is 0 Å². The van der Waals surface area contributed by atoms with Crippen molar-refractivity contribution < 1.29 is 0 Å². The van der Waals surface area contributed by atoms with Gasteiger partial charge in [-0.3, -0.25) is 9.80 Å². The summed E-state index contributed by atoms with van der Waals surface area (Å²) in [5.41, 5.74) is 0.678. The zero-order chi connectivity index (χ0) is 29.5. The SMILES string of the molecule is CCCCCC1N(CCCCC)C(CCCCC)(CCCCC)N(CCCCC)C1(CCCCC)CCCCC. The third-order valence-corrected chi connectivity index (χ3v) is 10.4. The zero-order valence-corrected chi connectivity index (χ0v) is 29.3. The number of nitrogens with zero attached hydrogens (tertiary/aromatic N) is 2. The van der Waals surface area contributed by atoms with Gasteiger partial charge in [0.25, 0.3) is 0 Å². The summed E-state index contributed by atoms with van der Waals surface area (Å²) in [4.78, 5) is 6.57. The lowest BCUT2D eigenvalue weighted by molar-refractivity contribution is -0.0440. The molecule has 0 saturated carbocycles. The van der Waals surface area contributed by atoms with Crippen LogP contribution in [0.3, 0.4) is 0 Å². The first kappa shape index (κ1) is 37.9. The molecule has 1 saturated heterocycles. The molecular formula is C38H78N2. The highest BCUT2D eigenvalue weighted by Crippen LogP contribution is 2.53. The Kier molecular flexibility index (Phi) is 22.2. The van der Waals surface area contributed by atoms with Crippen molar-refractivity contribution in [1.29, 1.82) is 0 Å². The molecule has 0 N–H and O–H groups in total. The Bertz CT molecular complexity index is 494. The summed E-state index contributed by atoms with van der Waals surface area (Å²) in [5.74, 6) is 0. The van der Waals surface area contributed by atoms with E-state index in [-0.39, 0.29) is 0 Å². The van der Waals surface area contributed by atoms with Gasteiger partial charge in [-0.05, 0) is 44.9 Å². The van der Waals surface area contributed by atoms with Crippen molar-refractivity contribution in [2.45, 2.75) is 233 Å². The maximum absolute atomic E-state index is 3.31. The molecule has 0 aliphatic carbocycles. The molecule has 1 heterocycles. The lowest BCUT2D eigenvalue weighted by Gasteiger charge is -2.49. The quantitative estimate of drug-likeness (QED) is 0.0875. The van der Waals surface area contributed by atoms with Crippen molar-refractivity contribution in [3.63, 3.8) is 0 Å². The topological polar surface area (TPSA) is 6.48 Å². The molecule has 240 valence electrons. The Morgan fingerprint density at radius 2 is 0.775 bits per heavy atom. The molecule has 1 aliphatic heterocycles. The molecule has 0 bridgehead atoms. The van der Waals surface area contributed by atoms with E-state index in [1.807, 2.05) is 0 Å². The van der Waals surface area contributed by atoms with Crippen LogP contribution in [0.5, 0.6) is 0 Å². The normalized spacial score (nSPS) is 19.1. The van der Waals surface area contributed by atoms with Gasteiger partial charge in [0.05, 0.1) is 5.66 Å². The van der Waals surface area contributed by atoms with Crippen LogP contribution in [0.2, 0.25) is 0 Å². The van der Waals surface area contributed by atoms with Crippen LogP contribution >= 0.6 is 0 Å². The third-order valence-electron chi connectivity index (χ3n) is 10.4. The van der Waals surface area contributed by atoms with Crippen LogP contribution in [0.1, 0.15) is 215 Å². The van der Waals surface area contributed by atoms with Crippen molar-refractivity contribution >= 4 is 0 Å². The highest BCUT2D eigenvalue weighted by Gasteiger charge is 2.61. The maximum atomic E-state index is 3.31. The van der Waals surface area contributed by atoms with Crippen LogP contribution in [0.25, 0.3) is 0 Å². The van der Waals surface area contributed by atoms with E-state index in [9.17, 15) is 0 Å². The Balaban J connectivity index is 3.80. The van der Waals surface area contributed by atoms with Crippen LogP contribution in [0.4, 0.5) is 0 Å². The van der Waals surface area contributed by atoms with Crippen LogP contribution < -0.4 is 0 Å². The van der Waals surface area contributed by atoms with Crippen LogP contribution in [-0.2, 0) is 0 Å². The van der Waals surface area contributed by atoms with E-state index in [1.165, 1.54) is 180 Å². The first-order valence-corrected chi connectivity index (χ1v) is 19.1. The molecule has 1 atom stereocenters. The molecule has 2 nitrogen and oxygen atoms in total. The molecule has 1 fully saturated rings. The molecule has 0 spiro atoms. The molecular weight excluding hydrogens is 484 g/mol. The first-order chi connectivity index (χ1) is 19.6.